The molecule has 0 spiro atoms. The highest BCUT2D eigenvalue weighted by atomic mass is 15.2. The molecular formula is C12H27N3. The van der Waals surface area contributed by atoms with Crippen molar-refractivity contribution < 1.29 is 0 Å². The van der Waals surface area contributed by atoms with E-state index in [0.29, 0.717) is 0 Å². The molecule has 1 saturated heterocycles. The van der Waals surface area contributed by atoms with Crippen molar-refractivity contribution in [2.24, 2.45) is 0 Å². The second-order valence-electron chi connectivity index (χ2n) is 5.49. The van der Waals surface area contributed by atoms with Gasteiger partial charge in [0.05, 0.1) is 0 Å². The van der Waals surface area contributed by atoms with Crippen molar-refractivity contribution >= 4 is 0 Å². The highest BCUT2D eigenvalue weighted by Crippen LogP contribution is 2.21. The van der Waals surface area contributed by atoms with E-state index >= 15 is 0 Å². The lowest BCUT2D eigenvalue weighted by Crippen LogP contribution is -2.54. The Morgan fingerprint density at radius 1 is 1.33 bits per heavy atom. The molecule has 1 aliphatic heterocycles. The molecule has 0 aromatic carbocycles. The van der Waals surface area contributed by atoms with Gasteiger partial charge in [-0.25, -0.2) is 0 Å². The largest absolute Gasteiger partial charge is 0.318 e. The summed E-state index contributed by atoms with van der Waals surface area (Å²) in [6.07, 6.45) is 2.61. The van der Waals surface area contributed by atoms with Crippen molar-refractivity contribution in [3.05, 3.63) is 0 Å². The first-order chi connectivity index (χ1) is 6.97. The predicted molar refractivity (Wildman–Crippen MR) is 66.3 cm³/mol. The third-order valence-corrected chi connectivity index (χ3v) is 3.80. The van der Waals surface area contributed by atoms with Crippen molar-refractivity contribution in [1.82, 2.24) is 15.1 Å². The van der Waals surface area contributed by atoms with Crippen molar-refractivity contribution in [1.29, 1.82) is 0 Å². The maximum Gasteiger partial charge on any atom is 0.0277 e. The van der Waals surface area contributed by atoms with E-state index in [1.165, 1.54) is 25.9 Å². The minimum atomic E-state index is 0.259. The van der Waals surface area contributed by atoms with E-state index in [0.717, 1.165) is 12.6 Å². The standard InChI is InChI=1S/C12H27N3/c1-12(2,10-13-3)15(5)11-6-8-14(4)9-7-11/h11,13H,6-10H2,1-5H3. The lowest BCUT2D eigenvalue weighted by Gasteiger charge is -2.44. The van der Waals surface area contributed by atoms with E-state index in [1.807, 2.05) is 7.05 Å². The third-order valence-electron chi connectivity index (χ3n) is 3.80. The first kappa shape index (κ1) is 12.9. The topological polar surface area (TPSA) is 18.5 Å². The number of piperidine rings is 1. The zero-order valence-electron chi connectivity index (χ0n) is 11.0. The number of hydrogen-bond acceptors (Lipinski definition) is 3. The molecule has 0 amide bonds. The Morgan fingerprint density at radius 3 is 2.33 bits per heavy atom. The molecule has 0 bridgehead atoms. The van der Waals surface area contributed by atoms with Gasteiger partial charge in [0.15, 0.2) is 0 Å². The highest BCUT2D eigenvalue weighted by molar-refractivity contribution is 4.88. The van der Waals surface area contributed by atoms with Crippen LogP contribution in [0.15, 0.2) is 0 Å². The molecule has 1 rings (SSSR count). The molecule has 0 aromatic rings. The SMILES string of the molecule is CNCC(C)(C)N(C)C1CCN(C)CC1. The molecular weight excluding hydrogens is 186 g/mol. The zero-order chi connectivity index (χ0) is 11.5. The first-order valence-corrected chi connectivity index (χ1v) is 6.03. The number of nitrogens with one attached hydrogen (secondary N) is 1. The fourth-order valence-electron chi connectivity index (χ4n) is 2.43. The van der Waals surface area contributed by atoms with E-state index < -0.39 is 0 Å². The predicted octanol–water partition coefficient (Wildman–Crippen LogP) is 1.01. The summed E-state index contributed by atoms with van der Waals surface area (Å²) >= 11 is 0. The highest BCUT2D eigenvalue weighted by Gasteiger charge is 2.30. The normalized spacial score (nSPS) is 21.2. The lowest BCUT2D eigenvalue weighted by atomic mass is 9.96. The fourth-order valence-corrected chi connectivity index (χ4v) is 2.43. The molecule has 0 radical (unpaired) electrons. The van der Waals surface area contributed by atoms with Gasteiger partial charge in [0, 0.05) is 18.1 Å². The fraction of sp³-hybridized carbons (Fsp3) is 1.00. The van der Waals surface area contributed by atoms with E-state index in [2.05, 4.69) is 43.1 Å². The number of likely N-dealkylation sites (tertiary alicyclic amines) is 1. The molecule has 1 aliphatic rings. The van der Waals surface area contributed by atoms with Crippen LogP contribution in [-0.4, -0.2) is 62.2 Å². The first-order valence-electron chi connectivity index (χ1n) is 6.03. The number of hydrogen-bond donors (Lipinski definition) is 1. The minimum absolute atomic E-state index is 0.259. The van der Waals surface area contributed by atoms with Gasteiger partial charge in [-0.1, -0.05) is 0 Å². The smallest absolute Gasteiger partial charge is 0.0277 e. The van der Waals surface area contributed by atoms with Crippen molar-refractivity contribution in [3.63, 3.8) is 0 Å². The minimum Gasteiger partial charge on any atom is -0.318 e. The molecule has 15 heavy (non-hydrogen) atoms. The van der Waals surface area contributed by atoms with Gasteiger partial charge in [-0.2, -0.15) is 0 Å². The second-order valence-corrected chi connectivity index (χ2v) is 5.49. The number of rotatable bonds is 4. The molecule has 1 heterocycles. The van der Waals surface area contributed by atoms with Gasteiger partial charge in [0.25, 0.3) is 0 Å². The molecule has 1 N–H and O–H groups in total. The average molecular weight is 213 g/mol. The maximum absolute atomic E-state index is 3.28. The van der Waals surface area contributed by atoms with Gasteiger partial charge in [0.1, 0.15) is 0 Å². The van der Waals surface area contributed by atoms with E-state index in [-0.39, 0.29) is 5.54 Å². The molecule has 0 atom stereocenters. The Labute approximate surface area is 94.8 Å². The Morgan fingerprint density at radius 2 is 1.87 bits per heavy atom. The number of likely N-dealkylation sites (N-methyl/N-ethyl adjacent to an activating group) is 2. The number of nitrogens with zero attached hydrogens (tertiary/aromatic N) is 2. The Hall–Kier alpha value is -0.120. The van der Waals surface area contributed by atoms with Crippen LogP contribution in [0.5, 0.6) is 0 Å². The molecule has 0 aliphatic carbocycles. The molecule has 0 aromatic heterocycles. The molecule has 90 valence electrons. The van der Waals surface area contributed by atoms with Crippen molar-refractivity contribution in [2.45, 2.75) is 38.3 Å². The lowest BCUT2D eigenvalue weighted by molar-refractivity contribution is 0.0614. The van der Waals surface area contributed by atoms with Crippen LogP contribution in [-0.2, 0) is 0 Å². The Bertz CT molecular complexity index is 183. The molecule has 3 heteroatoms. The maximum atomic E-state index is 3.28. The molecule has 0 saturated carbocycles. The zero-order valence-corrected chi connectivity index (χ0v) is 11.0. The Balaban J connectivity index is 2.48. The van der Waals surface area contributed by atoms with Gasteiger partial charge in [-0.05, 0) is 60.9 Å². The van der Waals surface area contributed by atoms with E-state index in [1.54, 1.807) is 0 Å². The quantitative estimate of drug-likeness (QED) is 0.752. The molecule has 0 unspecified atom stereocenters. The van der Waals surface area contributed by atoms with E-state index in [9.17, 15) is 0 Å². The van der Waals surface area contributed by atoms with Gasteiger partial charge in [-0.3, -0.25) is 4.90 Å². The molecule has 3 nitrogen and oxygen atoms in total. The van der Waals surface area contributed by atoms with Crippen LogP contribution in [0.25, 0.3) is 0 Å². The van der Waals surface area contributed by atoms with Crippen LogP contribution >= 0.6 is 0 Å². The summed E-state index contributed by atoms with van der Waals surface area (Å²) in [6, 6.07) is 0.754. The van der Waals surface area contributed by atoms with Crippen molar-refractivity contribution in [3.8, 4) is 0 Å². The summed E-state index contributed by atoms with van der Waals surface area (Å²) in [5.41, 5.74) is 0.259. The van der Waals surface area contributed by atoms with Crippen LogP contribution in [0, 0.1) is 0 Å². The summed E-state index contributed by atoms with van der Waals surface area (Å²) in [6.45, 7) is 8.18. The second kappa shape index (κ2) is 5.28. The van der Waals surface area contributed by atoms with Gasteiger partial charge in [-0.15, -0.1) is 0 Å². The van der Waals surface area contributed by atoms with Gasteiger partial charge < -0.3 is 10.2 Å². The third kappa shape index (κ3) is 3.44. The van der Waals surface area contributed by atoms with E-state index in [4.69, 9.17) is 0 Å². The summed E-state index contributed by atoms with van der Waals surface area (Å²) < 4.78 is 0. The summed E-state index contributed by atoms with van der Waals surface area (Å²) in [7, 11) is 6.52. The van der Waals surface area contributed by atoms with Crippen LogP contribution in [0.4, 0.5) is 0 Å². The summed E-state index contributed by atoms with van der Waals surface area (Å²) in [4.78, 5) is 4.98. The molecule has 1 fully saturated rings. The Kier molecular flexibility index (Phi) is 4.56. The van der Waals surface area contributed by atoms with Crippen LogP contribution in [0.3, 0.4) is 0 Å². The monoisotopic (exact) mass is 213 g/mol. The summed E-state index contributed by atoms with van der Waals surface area (Å²) in [5.74, 6) is 0. The van der Waals surface area contributed by atoms with Gasteiger partial charge >= 0.3 is 0 Å². The van der Waals surface area contributed by atoms with Crippen LogP contribution in [0.2, 0.25) is 0 Å². The summed E-state index contributed by atoms with van der Waals surface area (Å²) in [5, 5.41) is 3.28. The van der Waals surface area contributed by atoms with Gasteiger partial charge in [0.2, 0.25) is 0 Å². The average Bonchev–Trinajstić information content (AvgIpc) is 2.18. The van der Waals surface area contributed by atoms with Crippen LogP contribution in [0.1, 0.15) is 26.7 Å². The van der Waals surface area contributed by atoms with Crippen LogP contribution < -0.4 is 5.32 Å². The van der Waals surface area contributed by atoms with Crippen molar-refractivity contribution in [2.75, 3.05) is 40.8 Å².